The summed E-state index contributed by atoms with van der Waals surface area (Å²) in [6, 6.07) is 55.0. The number of anilines is 5. The first kappa shape index (κ1) is 37.2. The molecule has 0 bridgehead atoms. The number of hydrogen-bond acceptors (Lipinski definition) is 2. The van der Waals surface area contributed by atoms with Gasteiger partial charge in [0.2, 0.25) is 0 Å². The van der Waals surface area contributed by atoms with Gasteiger partial charge in [0.1, 0.15) is 0 Å². The van der Waals surface area contributed by atoms with Crippen LogP contribution in [0, 0.1) is 11.3 Å². The van der Waals surface area contributed by atoms with Crippen molar-refractivity contribution in [2.45, 2.75) is 71.3 Å². The Bertz CT molecular complexity index is 2640. The zero-order chi connectivity index (χ0) is 40.5. The van der Waals surface area contributed by atoms with Gasteiger partial charge in [-0.05, 0) is 140 Å². The Morgan fingerprint density at radius 2 is 1.08 bits per heavy atom. The molecule has 0 aromatic heterocycles. The van der Waals surface area contributed by atoms with Crippen molar-refractivity contribution < 1.29 is 0 Å². The van der Waals surface area contributed by atoms with Crippen LogP contribution in [-0.2, 0) is 10.8 Å². The smallest absolute Gasteiger partial charge is 0.0690 e. The monoisotopic (exact) mass is 766 g/mol. The van der Waals surface area contributed by atoms with Crippen LogP contribution >= 0.6 is 0 Å². The Balaban J connectivity index is 1.29. The zero-order valence-electron chi connectivity index (χ0n) is 35.3. The van der Waals surface area contributed by atoms with Crippen molar-refractivity contribution in [1.29, 1.82) is 0 Å². The predicted octanol–water partition coefficient (Wildman–Crippen LogP) is 15.2. The molecule has 0 aliphatic heterocycles. The third-order valence-corrected chi connectivity index (χ3v) is 13.4. The standard InChI is InChI=1S/C57H54N2/c1-55(2,3)39-27-31-47-48-32-28-40(56(4,5)6)36-52(48)57(51(47)35-39)53-37-45(58(41-19-11-7-12-20-41)42-21-13-8-14-22-42)29-33-49(53)50-34-30-46(38-54(50)57)59(43-23-15-9-16-24-43)44-25-17-10-18-26-44/h7-25,27-35,37-38,40,44H,26,36H2,1-6H3. The highest BCUT2D eigenvalue weighted by molar-refractivity contribution is 5.99. The quantitative estimate of drug-likeness (QED) is 0.167. The molecular formula is C57H54N2. The molecule has 0 saturated heterocycles. The van der Waals surface area contributed by atoms with Gasteiger partial charge in [-0.2, -0.15) is 0 Å². The van der Waals surface area contributed by atoms with Crippen LogP contribution < -0.4 is 9.80 Å². The summed E-state index contributed by atoms with van der Waals surface area (Å²) in [5.41, 5.74) is 18.0. The maximum absolute atomic E-state index is 2.58. The molecule has 4 aliphatic carbocycles. The topological polar surface area (TPSA) is 6.48 Å². The Morgan fingerprint density at radius 1 is 0.525 bits per heavy atom. The summed E-state index contributed by atoms with van der Waals surface area (Å²) in [4.78, 5) is 4.99. The molecule has 10 rings (SSSR count). The highest BCUT2D eigenvalue weighted by Gasteiger charge is 2.54. The molecule has 6 aromatic carbocycles. The van der Waals surface area contributed by atoms with Gasteiger partial charge < -0.3 is 9.80 Å². The van der Waals surface area contributed by atoms with Crippen molar-refractivity contribution in [2.75, 3.05) is 9.80 Å². The number of para-hydroxylation sites is 3. The molecule has 3 atom stereocenters. The summed E-state index contributed by atoms with van der Waals surface area (Å²) < 4.78 is 0. The maximum Gasteiger partial charge on any atom is 0.0690 e. The number of allylic oxidation sites excluding steroid dienone is 6. The van der Waals surface area contributed by atoms with Crippen molar-refractivity contribution >= 4 is 34.0 Å². The Labute approximate surface area is 351 Å². The lowest BCUT2D eigenvalue weighted by Gasteiger charge is -2.39. The van der Waals surface area contributed by atoms with Gasteiger partial charge in [-0.1, -0.05) is 163 Å². The average molecular weight is 767 g/mol. The number of nitrogens with zero attached hydrogens (tertiary/aromatic N) is 2. The molecule has 292 valence electrons. The molecule has 1 spiro atoms. The lowest BCUT2D eigenvalue weighted by Crippen LogP contribution is -2.33. The zero-order valence-corrected chi connectivity index (χ0v) is 35.3. The average Bonchev–Trinajstić information content (AvgIpc) is 3.71. The highest BCUT2D eigenvalue weighted by Crippen LogP contribution is 2.66. The summed E-state index contributed by atoms with van der Waals surface area (Å²) >= 11 is 0. The fourth-order valence-electron chi connectivity index (χ4n) is 10.3. The lowest BCUT2D eigenvalue weighted by molar-refractivity contribution is 0.285. The summed E-state index contributed by atoms with van der Waals surface area (Å²) in [6.45, 7) is 14.3. The van der Waals surface area contributed by atoms with E-state index in [0.29, 0.717) is 5.92 Å². The van der Waals surface area contributed by atoms with Crippen molar-refractivity contribution in [3.05, 3.63) is 215 Å². The van der Waals surface area contributed by atoms with Crippen LogP contribution in [0.3, 0.4) is 0 Å². The van der Waals surface area contributed by atoms with Gasteiger partial charge in [0.25, 0.3) is 0 Å². The van der Waals surface area contributed by atoms with E-state index in [1.54, 1.807) is 0 Å². The van der Waals surface area contributed by atoms with Crippen molar-refractivity contribution in [1.82, 2.24) is 0 Å². The van der Waals surface area contributed by atoms with Crippen LogP contribution in [0.15, 0.2) is 188 Å². The van der Waals surface area contributed by atoms with Crippen molar-refractivity contribution in [3.8, 4) is 11.1 Å². The molecule has 6 aromatic rings. The van der Waals surface area contributed by atoms with E-state index in [0.717, 1.165) is 24.2 Å². The van der Waals surface area contributed by atoms with E-state index in [2.05, 4.69) is 233 Å². The fourth-order valence-corrected chi connectivity index (χ4v) is 10.3. The fraction of sp³-hybridized carbons (Fsp3) is 0.228. The first-order valence-corrected chi connectivity index (χ1v) is 21.5. The number of rotatable bonds is 6. The minimum Gasteiger partial charge on any atom is -0.334 e. The molecule has 0 heterocycles. The van der Waals surface area contributed by atoms with Crippen LogP contribution in [0.25, 0.3) is 16.7 Å². The van der Waals surface area contributed by atoms with E-state index < -0.39 is 5.41 Å². The van der Waals surface area contributed by atoms with Crippen LogP contribution in [0.4, 0.5) is 28.4 Å². The van der Waals surface area contributed by atoms with Crippen LogP contribution in [0.5, 0.6) is 0 Å². The first-order chi connectivity index (χ1) is 28.5. The number of benzene rings is 6. The second-order valence-electron chi connectivity index (χ2n) is 19.0. The van der Waals surface area contributed by atoms with E-state index in [9.17, 15) is 0 Å². The summed E-state index contributed by atoms with van der Waals surface area (Å²) in [5, 5.41) is 0. The third kappa shape index (κ3) is 6.07. The molecule has 0 radical (unpaired) electrons. The molecule has 59 heavy (non-hydrogen) atoms. The largest absolute Gasteiger partial charge is 0.334 e. The van der Waals surface area contributed by atoms with E-state index in [1.807, 2.05) is 0 Å². The molecule has 4 aliphatic rings. The SMILES string of the molecule is CC(C)(C)c1ccc2c(c1)C1(C3=C2C=CC(C(C)(C)C)C3)c2cc(N(c3ccccc3)c3ccccc3)ccc2-c2ccc(N(c3ccccc3)C3C=CC=CC3)cc21. The van der Waals surface area contributed by atoms with Gasteiger partial charge in [0.05, 0.1) is 11.5 Å². The van der Waals surface area contributed by atoms with Gasteiger partial charge in [-0.15, -0.1) is 0 Å². The maximum atomic E-state index is 2.58. The van der Waals surface area contributed by atoms with E-state index in [1.165, 1.54) is 67.2 Å². The molecule has 0 N–H and O–H groups in total. The van der Waals surface area contributed by atoms with Crippen LogP contribution in [-0.4, -0.2) is 6.04 Å². The second kappa shape index (κ2) is 14.0. The van der Waals surface area contributed by atoms with Gasteiger partial charge in [0, 0.05) is 28.4 Å². The Morgan fingerprint density at radius 3 is 1.66 bits per heavy atom. The molecule has 0 amide bonds. The van der Waals surface area contributed by atoms with Crippen LogP contribution in [0.2, 0.25) is 0 Å². The molecular weight excluding hydrogens is 713 g/mol. The van der Waals surface area contributed by atoms with Crippen LogP contribution in [0.1, 0.15) is 82.2 Å². The minimum atomic E-state index is -0.486. The molecule has 3 unspecified atom stereocenters. The third-order valence-electron chi connectivity index (χ3n) is 13.4. The number of fused-ring (bicyclic) bond motifs is 9. The van der Waals surface area contributed by atoms with Crippen molar-refractivity contribution in [2.24, 2.45) is 11.3 Å². The van der Waals surface area contributed by atoms with E-state index >= 15 is 0 Å². The summed E-state index contributed by atoms with van der Waals surface area (Å²) in [5.74, 6) is 0.401. The minimum absolute atomic E-state index is 0.0145. The predicted molar refractivity (Wildman–Crippen MR) is 250 cm³/mol. The molecule has 2 heteroatoms. The van der Waals surface area contributed by atoms with E-state index in [-0.39, 0.29) is 16.9 Å². The van der Waals surface area contributed by atoms with Gasteiger partial charge >= 0.3 is 0 Å². The lowest BCUT2D eigenvalue weighted by atomic mass is 9.64. The number of hydrogen-bond donors (Lipinski definition) is 0. The van der Waals surface area contributed by atoms with Gasteiger partial charge in [0.15, 0.2) is 0 Å². The highest BCUT2D eigenvalue weighted by atomic mass is 15.2. The summed E-state index contributed by atoms with van der Waals surface area (Å²) in [6.07, 6.45) is 16.0. The first-order valence-electron chi connectivity index (χ1n) is 21.5. The normalized spacial score (nSPS) is 20.0. The van der Waals surface area contributed by atoms with Crippen molar-refractivity contribution in [3.63, 3.8) is 0 Å². The molecule has 0 fully saturated rings. The van der Waals surface area contributed by atoms with E-state index in [4.69, 9.17) is 0 Å². The Hall–Kier alpha value is -6.12. The molecule has 2 nitrogen and oxygen atoms in total. The second-order valence-corrected chi connectivity index (χ2v) is 19.0. The molecule has 0 saturated carbocycles. The van der Waals surface area contributed by atoms with Gasteiger partial charge in [-0.3, -0.25) is 0 Å². The Kier molecular flexibility index (Phi) is 8.83. The van der Waals surface area contributed by atoms with Gasteiger partial charge in [-0.25, -0.2) is 0 Å². The summed E-state index contributed by atoms with van der Waals surface area (Å²) in [7, 11) is 0.